The number of hydrogen-bond acceptors (Lipinski definition) is 5. The van der Waals surface area contributed by atoms with Crippen LogP contribution in [-0.2, 0) is 34.3 Å². The summed E-state index contributed by atoms with van der Waals surface area (Å²) in [5.74, 6) is 1.29. The lowest BCUT2D eigenvalue weighted by molar-refractivity contribution is -0.118. The van der Waals surface area contributed by atoms with Crippen molar-refractivity contribution in [2.75, 3.05) is 5.75 Å². The zero-order chi connectivity index (χ0) is 17.4. The first-order chi connectivity index (χ1) is 11.5. The summed E-state index contributed by atoms with van der Waals surface area (Å²) >= 11 is 0. The zero-order valence-corrected chi connectivity index (χ0v) is 14.8. The largest absolute Gasteiger partial charge is 0.351 e. The van der Waals surface area contributed by atoms with E-state index in [1.807, 2.05) is 30.3 Å². The lowest BCUT2D eigenvalue weighted by Gasteiger charge is -2.04. The maximum absolute atomic E-state index is 12.0. The fourth-order valence-electron chi connectivity index (χ4n) is 2.05. The van der Waals surface area contributed by atoms with Crippen LogP contribution in [0.3, 0.4) is 0 Å². The summed E-state index contributed by atoms with van der Waals surface area (Å²) in [4.78, 5) is 16.0. The zero-order valence-electron chi connectivity index (χ0n) is 14.0. The van der Waals surface area contributed by atoms with Gasteiger partial charge in [-0.25, -0.2) is 0 Å². The number of rotatable bonds is 9. The number of nitrogens with one attached hydrogen (secondary N) is 1. The first-order valence-corrected chi connectivity index (χ1v) is 9.49. The van der Waals surface area contributed by atoms with Crippen LogP contribution >= 0.6 is 0 Å². The van der Waals surface area contributed by atoms with Gasteiger partial charge in [0.2, 0.25) is 11.8 Å². The number of carbonyl (C=O) groups excluding carboxylic acids is 1. The molecule has 0 aliphatic heterocycles. The van der Waals surface area contributed by atoms with Crippen molar-refractivity contribution >= 4 is 16.7 Å². The van der Waals surface area contributed by atoms with E-state index in [4.69, 9.17) is 4.52 Å². The number of carbonyl (C=O) groups is 1. The molecule has 0 saturated carbocycles. The summed E-state index contributed by atoms with van der Waals surface area (Å²) in [6.45, 7) is 4.69. The molecule has 130 valence electrons. The van der Waals surface area contributed by atoms with Gasteiger partial charge in [-0.2, -0.15) is 4.98 Å². The van der Waals surface area contributed by atoms with Crippen LogP contribution in [0.2, 0.25) is 0 Å². The van der Waals surface area contributed by atoms with E-state index in [9.17, 15) is 9.00 Å². The Morgan fingerprint density at radius 3 is 2.75 bits per heavy atom. The molecule has 0 spiro atoms. The third-order valence-electron chi connectivity index (χ3n) is 3.36. The first-order valence-electron chi connectivity index (χ1n) is 8.00. The number of nitrogens with zero attached hydrogens (tertiary/aromatic N) is 2. The molecule has 0 aliphatic carbocycles. The Bertz CT molecular complexity index is 671. The standard InChI is InChI=1S/C17H23N3O3S/c1-13(2)8-9-15-19-17(23-20-15)12-24(22)11-16(21)18-10-14-6-4-3-5-7-14/h3-7,13H,8-12H2,1-2H3,(H,18,21)/t24-/m1/s1. The Labute approximate surface area is 144 Å². The highest BCUT2D eigenvalue weighted by Gasteiger charge is 2.13. The smallest absolute Gasteiger partial charge is 0.239 e. The van der Waals surface area contributed by atoms with Crippen molar-refractivity contribution in [1.82, 2.24) is 15.5 Å². The molecule has 2 rings (SSSR count). The van der Waals surface area contributed by atoms with E-state index in [2.05, 4.69) is 29.3 Å². The Morgan fingerprint density at radius 1 is 1.29 bits per heavy atom. The molecule has 0 radical (unpaired) electrons. The molecule has 0 unspecified atom stereocenters. The minimum absolute atomic E-state index is 0.0729. The predicted molar refractivity (Wildman–Crippen MR) is 92.5 cm³/mol. The van der Waals surface area contributed by atoms with E-state index in [1.165, 1.54) is 0 Å². The molecule has 0 saturated heterocycles. The maximum atomic E-state index is 12.0. The highest BCUT2D eigenvalue weighted by molar-refractivity contribution is 7.84. The van der Waals surface area contributed by atoms with Crippen LogP contribution in [0.1, 0.15) is 37.5 Å². The van der Waals surface area contributed by atoms with Gasteiger partial charge in [0.05, 0.1) is 0 Å². The number of aromatic nitrogens is 2. The van der Waals surface area contributed by atoms with Gasteiger partial charge in [0.15, 0.2) is 5.82 Å². The molecule has 1 amide bonds. The van der Waals surface area contributed by atoms with Crippen LogP contribution in [0.4, 0.5) is 0 Å². The van der Waals surface area contributed by atoms with Gasteiger partial charge in [-0.1, -0.05) is 49.3 Å². The van der Waals surface area contributed by atoms with Gasteiger partial charge < -0.3 is 9.84 Å². The van der Waals surface area contributed by atoms with E-state index in [0.29, 0.717) is 24.2 Å². The average molecular weight is 349 g/mol. The topological polar surface area (TPSA) is 85.1 Å². The van der Waals surface area contributed by atoms with Crippen LogP contribution < -0.4 is 5.32 Å². The second-order valence-electron chi connectivity index (χ2n) is 6.03. The lowest BCUT2D eigenvalue weighted by atomic mass is 10.1. The molecule has 1 atom stereocenters. The minimum atomic E-state index is -1.37. The highest BCUT2D eigenvalue weighted by Crippen LogP contribution is 2.08. The molecule has 0 fully saturated rings. The SMILES string of the molecule is CC(C)CCc1noc(C[S@](=O)CC(=O)NCc2ccccc2)n1. The first kappa shape index (κ1) is 18.3. The van der Waals surface area contributed by atoms with E-state index in [0.717, 1.165) is 18.4 Å². The Morgan fingerprint density at radius 2 is 2.04 bits per heavy atom. The molecule has 7 heteroatoms. The van der Waals surface area contributed by atoms with Crippen LogP contribution in [0, 0.1) is 5.92 Å². The number of aryl methyl sites for hydroxylation is 1. The van der Waals surface area contributed by atoms with Crippen molar-refractivity contribution in [1.29, 1.82) is 0 Å². The summed E-state index contributed by atoms with van der Waals surface area (Å²) in [6, 6.07) is 9.58. The van der Waals surface area contributed by atoms with Gasteiger partial charge in [0.25, 0.3) is 0 Å². The molecule has 1 aromatic carbocycles. The summed E-state index contributed by atoms with van der Waals surface area (Å²) in [5, 5.41) is 6.63. The Hall–Kier alpha value is -2.02. The van der Waals surface area contributed by atoms with Crippen LogP contribution in [-0.4, -0.2) is 26.0 Å². The minimum Gasteiger partial charge on any atom is -0.351 e. The second kappa shape index (κ2) is 9.32. The van der Waals surface area contributed by atoms with Crippen molar-refractivity contribution in [2.45, 2.75) is 39.0 Å². The van der Waals surface area contributed by atoms with E-state index in [1.54, 1.807) is 0 Å². The predicted octanol–water partition coefficient (Wildman–Crippen LogP) is 2.22. The molecule has 1 aromatic heterocycles. The van der Waals surface area contributed by atoms with Crippen LogP contribution in [0.25, 0.3) is 0 Å². The van der Waals surface area contributed by atoms with E-state index >= 15 is 0 Å². The number of hydrogen-bond donors (Lipinski definition) is 1. The molecule has 2 aromatic rings. The van der Waals surface area contributed by atoms with Gasteiger partial charge in [-0.3, -0.25) is 9.00 Å². The molecule has 6 nitrogen and oxygen atoms in total. The third kappa shape index (κ3) is 6.62. The van der Waals surface area contributed by atoms with Crippen LogP contribution in [0.15, 0.2) is 34.9 Å². The summed E-state index contributed by atoms with van der Waals surface area (Å²) < 4.78 is 17.1. The molecule has 0 aliphatic rings. The summed E-state index contributed by atoms with van der Waals surface area (Å²) in [5.41, 5.74) is 1.00. The van der Waals surface area contributed by atoms with Gasteiger partial charge in [0, 0.05) is 23.8 Å². The molecule has 1 heterocycles. The molecular weight excluding hydrogens is 326 g/mol. The Kier molecular flexibility index (Phi) is 7.11. The van der Waals surface area contributed by atoms with E-state index < -0.39 is 10.8 Å². The monoisotopic (exact) mass is 349 g/mol. The highest BCUT2D eigenvalue weighted by atomic mass is 32.2. The van der Waals surface area contributed by atoms with Gasteiger partial charge in [0.1, 0.15) is 11.5 Å². The molecule has 1 N–H and O–H groups in total. The number of benzene rings is 1. The van der Waals surface area contributed by atoms with Gasteiger partial charge in [-0.05, 0) is 17.9 Å². The van der Waals surface area contributed by atoms with Crippen molar-refractivity contribution in [3.05, 3.63) is 47.6 Å². The van der Waals surface area contributed by atoms with Crippen molar-refractivity contribution < 1.29 is 13.5 Å². The lowest BCUT2D eigenvalue weighted by Crippen LogP contribution is -2.28. The maximum Gasteiger partial charge on any atom is 0.239 e. The van der Waals surface area contributed by atoms with Gasteiger partial charge >= 0.3 is 0 Å². The van der Waals surface area contributed by atoms with Crippen molar-refractivity contribution in [3.63, 3.8) is 0 Å². The Balaban J connectivity index is 1.73. The fourth-order valence-corrected chi connectivity index (χ4v) is 2.94. The molecule has 0 bridgehead atoms. The fraction of sp³-hybridized carbons (Fsp3) is 0.471. The summed E-state index contributed by atoms with van der Waals surface area (Å²) in [7, 11) is -1.37. The van der Waals surface area contributed by atoms with Crippen molar-refractivity contribution in [2.24, 2.45) is 5.92 Å². The summed E-state index contributed by atoms with van der Waals surface area (Å²) in [6.07, 6.45) is 1.72. The normalized spacial score (nSPS) is 12.3. The van der Waals surface area contributed by atoms with Crippen molar-refractivity contribution in [3.8, 4) is 0 Å². The average Bonchev–Trinajstić information content (AvgIpc) is 2.99. The third-order valence-corrected chi connectivity index (χ3v) is 4.52. The van der Waals surface area contributed by atoms with Crippen LogP contribution in [0.5, 0.6) is 0 Å². The quantitative estimate of drug-likeness (QED) is 0.750. The number of amides is 1. The van der Waals surface area contributed by atoms with E-state index in [-0.39, 0.29) is 17.4 Å². The second-order valence-corrected chi connectivity index (χ2v) is 7.48. The molecule has 24 heavy (non-hydrogen) atoms. The molecular formula is C17H23N3O3S. The van der Waals surface area contributed by atoms with Gasteiger partial charge in [-0.15, -0.1) is 0 Å².